The lowest BCUT2D eigenvalue weighted by molar-refractivity contribution is -0.118. The molecule has 1 aliphatic carbocycles. The van der Waals surface area contributed by atoms with Crippen LogP contribution in [-0.4, -0.2) is 11.9 Å². The van der Waals surface area contributed by atoms with Crippen LogP contribution >= 0.6 is 11.6 Å². The maximum Gasteiger partial charge on any atom is 0.231 e. The van der Waals surface area contributed by atoms with Crippen molar-refractivity contribution in [2.45, 2.75) is 12.5 Å². The van der Waals surface area contributed by atoms with Gasteiger partial charge < -0.3 is 11.1 Å². The van der Waals surface area contributed by atoms with Gasteiger partial charge in [-0.25, -0.2) is 0 Å². The summed E-state index contributed by atoms with van der Waals surface area (Å²) in [5.74, 6) is -0.327. The number of benzene rings is 1. The van der Waals surface area contributed by atoms with E-state index in [0.717, 1.165) is 0 Å². The second-order valence-corrected chi connectivity index (χ2v) is 4.59. The van der Waals surface area contributed by atoms with Crippen molar-refractivity contribution in [2.24, 2.45) is 11.7 Å². The largest absolute Gasteiger partial charge is 0.326 e. The number of rotatable bonds is 2. The van der Waals surface area contributed by atoms with Crippen LogP contribution in [0, 0.1) is 17.2 Å². The number of nitrogens with one attached hydrogen (secondary N) is 1. The molecular formula is C13H12ClN3O. The first-order valence-electron chi connectivity index (χ1n) is 5.54. The lowest BCUT2D eigenvalue weighted by Crippen LogP contribution is -2.24. The van der Waals surface area contributed by atoms with Crippen LogP contribution in [0.5, 0.6) is 0 Å². The Morgan fingerprint density at radius 2 is 2.28 bits per heavy atom. The number of nitrogens with two attached hydrogens (primary N) is 1. The van der Waals surface area contributed by atoms with E-state index in [1.54, 1.807) is 24.3 Å². The van der Waals surface area contributed by atoms with Crippen molar-refractivity contribution in [1.29, 1.82) is 5.26 Å². The summed E-state index contributed by atoms with van der Waals surface area (Å²) in [7, 11) is 0. The zero-order valence-corrected chi connectivity index (χ0v) is 10.3. The van der Waals surface area contributed by atoms with E-state index in [2.05, 4.69) is 5.32 Å². The zero-order valence-electron chi connectivity index (χ0n) is 9.56. The second kappa shape index (κ2) is 5.21. The van der Waals surface area contributed by atoms with E-state index in [9.17, 15) is 4.79 Å². The van der Waals surface area contributed by atoms with Crippen LogP contribution in [0.25, 0.3) is 0 Å². The highest BCUT2D eigenvalue weighted by Crippen LogP contribution is 2.22. The number of hydrogen-bond acceptors (Lipinski definition) is 3. The van der Waals surface area contributed by atoms with Crippen LogP contribution in [0.2, 0.25) is 5.02 Å². The lowest BCUT2D eigenvalue weighted by Gasteiger charge is -2.10. The summed E-state index contributed by atoms with van der Waals surface area (Å²) in [6.45, 7) is 0. The Hall–Kier alpha value is -1.83. The Morgan fingerprint density at radius 1 is 1.50 bits per heavy atom. The number of amides is 1. The molecule has 0 saturated carbocycles. The van der Waals surface area contributed by atoms with Gasteiger partial charge >= 0.3 is 0 Å². The van der Waals surface area contributed by atoms with Gasteiger partial charge in [-0.3, -0.25) is 4.79 Å². The summed E-state index contributed by atoms with van der Waals surface area (Å²) in [5.41, 5.74) is 6.60. The molecule has 0 saturated heterocycles. The molecule has 2 atom stereocenters. The van der Waals surface area contributed by atoms with Gasteiger partial charge in [0.15, 0.2) is 0 Å². The second-order valence-electron chi connectivity index (χ2n) is 4.19. The summed E-state index contributed by atoms with van der Waals surface area (Å²) in [4.78, 5) is 11.9. The maximum atomic E-state index is 11.9. The molecule has 2 rings (SSSR count). The number of anilines is 1. The van der Waals surface area contributed by atoms with Crippen LogP contribution in [0.3, 0.4) is 0 Å². The Labute approximate surface area is 110 Å². The molecule has 1 aliphatic rings. The fraction of sp³-hybridized carbons (Fsp3) is 0.231. The van der Waals surface area contributed by atoms with Gasteiger partial charge in [-0.15, -0.1) is 0 Å². The monoisotopic (exact) mass is 261 g/mol. The molecule has 1 aromatic carbocycles. The molecule has 0 fully saturated rings. The van der Waals surface area contributed by atoms with E-state index < -0.39 is 0 Å². The summed E-state index contributed by atoms with van der Waals surface area (Å²) < 4.78 is 0. The van der Waals surface area contributed by atoms with Gasteiger partial charge in [0.2, 0.25) is 5.91 Å². The van der Waals surface area contributed by atoms with E-state index in [1.807, 2.05) is 12.1 Å². The predicted octanol–water partition coefficient (Wildman–Crippen LogP) is 2.05. The molecule has 0 bridgehead atoms. The van der Waals surface area contributed by atoms with E-state index in [1.165, 1.54) is 0 Å². The van der Waals surface area contributed by atoms with Gasteiger partial charge in [0.05, 0.1) is 16.5 Å². The average molecular weight is 262 g/mol. The van der Waals surface area contributed by atoms with Crippen LogP contribution in [0.1, 0.15) is 12.0 Å². The Bertz CT molecular complexity index is 548. The fourth-order valence-electron chi connectivity index (χ4n) is 1.85. The van der Waals surface area contributed by atoms with Gasteiger partial charge in [0, 0.05) is 11.7 Å². The quantitative estimate of drug-likeness (QED) is 0.800. The maximum absolute atomic E-state index is 11.9. The average Bonchev–Trinajstić information content (AvgIpc) is 2.78. The van der Waals surface area contributed by atoms with Crippen molar-refractivity contribution < 1.29 is 4.79 Å². The van der Waals surface area contributed by atoms with Crippen molar-refractivity contribution in [3.8, 4) is 6.07 Å². The molecule has 2 unspecified atom stereocenters. The zero-order chi connectivity index (χ0) is 13.1. The molecular weight excluding hydrogens is 250 g/mol. The standard InChI is InChI=1S/C13H12ClN3O/c14-12-4-3-11(6-9(12)7-15)17-13(18)8-1-2-10(16)5-8/h1-4,6,8,10H,5,16H2,(H,17,18). The molecule has 92 valence electrons. The number of nitriles is 1. The van der Waals surface area contributed by atoms with Crippen LogP contribution in [0.15, 0.2) is 30.4 Å². The van der Waals surface area contributed by atoms with E-state index in [0.29, 0.717) is 22.7 Å². The lowest BCUT2D eigenvalue weighted by atomic mass is 10.1. The first-order chi connectivity index (χ1) is 8.60. The fourth-order valence-corrected chi connectivity index (χ4v) is 2.01. The molecule has 18 heavy (non-hydrogen) atoms. The first kappa shape index (κ1) is 12.6. The van der Waals surface area contributed by atoms with Gasteiger partial charge in [-0.2, -0.15) is 5.26 Å². The third-order valence-corrected chi connectivity index (χ3v) is 3.14. The number of carbonyl (C=O) groups is 1. The van der Waals surface area contributed by atoms with Crippen molar-refractivity contribution in [3.05, 3.63) is 40.9 Å². The molecule has 0 spiro atoms. The van der Waals surface area contributed by atoms with E-state index in [-0.39, 0.29) is 17.9 Å². The van der Waals surface area contributed by atoms with E-state index >= 15 is 0 Å². The summed E-state index contributed by atoms with van der Waals surface area (Å²) >= 11 is 5.82. The molecule has 1 aromatic rings. The molecule has 3 N–H and O–H groups in total. The molecule has 0 aliphatic heterocycles. The SMILES string of the molecule is N#Cc1cc(NC(=O)C2C=CC(N)C2)ccc1Cl. The minimum Gasteiger partial charge on any atom is -0.326 e. The number of hydrogen-bond donors (Lipinski definition) is 2. The van der Waals surface area contributed by atoms with Gasteiger partial charge in [0.1, 0.15) is 6.07 Å². The Morgan fingerprint density at radius 3 is 2.89 bits per heavy atom. The van der Waals surface area contributed by atoms with Crippen LogP contribution < -0.4 is 11.1 Å². The van der Waals surface area contributed by atoms with Crippen LogP contribution in [0.4, 0.5) is 5.69 Å². The van der Waals surface area contributed by atoms with Crippen molar-refractivity contribution in [3.63, 3.8) is 0 Å². The summed E-state index contributed by atoms with van der Waals surface area (Å²) in [6, 6.07) is 6.72. The topological polar surface area (TPSA) is 78.9 Å². The van der Waals surface area contributed by atoms with Gasteiger partial charge in [-0.1, -0.05) is 23.8 Å². The first-order valence-corrected chi connectivity index (χ1v) is 5.92. The molecule has 4 nitrogen and oxygen atoms in total. The highest BCUT2D eigenvalue weighted by Gasteiger charge is 2.22. The third kappa shape index (κ3) is 2.70. The van der Waals surface area contributed by atoms with Crippen molar-refractivity contribution >= 4 is 23.2 Å². The highest BCUT2D eigenvalue weighted by atomic mass is 35.5. The van der Waals surface area contributed by atoms with Gasteiger partial charge in [0.25, 0.3) is 0 Å². The molecule has 0 aromatic heterocycles. The summed E-state index contributed by atoms with van der Waals surface area (Å²) in [5, 5.41) is 12.0. The van der Waals surface area contributed by atoms with Gasteiger partial charge in [-0.05, 0) is 24.6 Å². The molecule has 5 heteroatoms. The van der Waals surface area contributed by atoms with Crippen molar-refractivity contribution in [1.82, 2.24) is 0 Å². The minimum atomic E-state index is -0.207. The third-order valence-electron chi connectivity index (χ3n) is 2.81. The number of carbonyl (C=O) groups excluding carboxylic acids is 1. The predicted molar refractivity (Wildman–Crippen MR) is 70.0 cm³/mol. The summed E-state index contributed by atoms with van der Waals surface area (Å²) in [6.07, 6.45) is 4.25. The minimum absolute atomic E-state index is 0.0550. The Balaban J connectivity index is 2.08. The number of halogens is 1. The van der Waals surface area contributed by atoms with Crippen LogP contribution in [-0.2, 0) is 4.79 Å². The van der Waals surface area contributed by atoms with E-state index in [4.69, 9.17) is 22.6 Å². The number of nitrogens with zero attached hydrogens (tertiary/aromatic N) is 1. The normalized spacial score (nSPS) is 21.6. The molecule has 1 amide bonds. The highest BCUT2D eigenvalue weighted by molar-refractivity contribution is 6.31. The van der Waals surface area contributed by atoms with Crippen molar-refractivity contribution in [2.75, 3.05) is 5.32 Å². The molecule has 0 heterocycles. The Kier molecular flexibility index (Phi) is 3.66. The smallest absolute Gasteiger partial charge is 0.231 e. The molecule has 0 radical (unpaired) electrons.